The predicted octanol–water partition coefficient (Wildman–Crippen LogP) is 2.89. The third kappa shape index (κ3) is 1.57. The molecule has 3 heteroatoms. The second kappa shape index (κ2) is 3.83. The first-order valence-corrected chi connectivity index (χ1v) is 6.42. The molecule has 1 aliphatic heterocycles. The molecule has 0 spiro atoms. The molecule has 1 aromatic heterocycles. The summed E-state index contributed by atoms with van der Waals surface area (Å²) in [7, 11) is 0. The molecule has 0 unspecified atom stereocenters. The number of rotatable bonds is 2. The highest BCUT2D eigenvalue weighted by Gasteiger charge is 2.20. The summed E-state index contributed by atoms with van der Waals surface area (Å²) in [5.74, 6) is 0. The lowest BCUT2D eigenvalue weighted by Gasteiger charge is -2.18. The fraction of sp³-hybridized carbons (Fsp3) is 0.231. The number of hydrogen-bond acceptors (Lipinski definition) is 3. The number of hydrogen-bond donors (Lipinski definition) is 1. The third-order valence-electron chi connectivity index (χ3n) is 3.11. The summed E-state index contributed by atoms with van der Waals surface area (Å²) in [5, 5.41) is 4.34. The molecule has 2 aromatic rings. The van der Waals surface area contributed by atoms with Crippen molar-refractivity contribution in [2.45, 2.75) is 13.0 Å². The Morgan fingerprint density at radius 3 is 3.06 bits per heavy atom. The van der Waals surface area contributed by atoms with Crippen molar-refractivity contribution in [1.29, 1.82) is 0 Å². The first kappa shape index (κ1) is 9.73. The number of nitrogens with zero attached hydrogens (tertiary/aromatic N) is 1. The van der Waals surface area contributed by atoms with Gasteiger partial charge in [0.15, 0.2) is 0 Å². The van der Waals surface area contributed by atoms with E-state index in [1.807, 2.05) is 12.1 Å². The van der Waals surface area contributed by atoms with Crippen LogP contribution in [0.1, 0.15) is 11.1 Å². The van der Waals surface area contributed by atoms with Crippen LogP contribution in [0, 0.1) is 0 Å². The van der Waals surface area contributed by atoms with Gasteiger partial charge in [0.2, 0.25) is 0 Å². The van der Waals surface area contributed by atoms with Crippen molar-refractivity contribution in [3.05, 3.63) is 46.2 Å². The van der Waals surface area contributed by atoms with Crippen LogP contribution in [0.25, 0.3) is 0 Å². The molecule has 16 heavy (non-hydrogen) atoms. The molecule has 0 amide bonds. The van der Waals surface area contributed by atoms with Crippen molar-refractivity contribution in [1.82, 2.24) is 0 Å². The molecule has 0 saturated carbocycles. The van der Waals surface area contributed by atoms with Crippen molar-refractivity contribution in [3.8, 4) is 0 Å². The van der Waals surface area contributed by atoms with Crippen LogP contribution in [-0.4, -0.2) is 6.54 Å². The maximum atomic E-state index is 5.98. The number of thiophene rings is 1. The fourth-order valence-corrected chi connectivity index (χ4v) is 2.95. The van der Waals surface area contributed by atoms with E-state index in [9.17, 15) is 0 Å². The van der Waals surface area contributed by atoms with Crippen LogP contribution in [0.5, 0.6) is 0 Å². The van der Waals surface area contributed by atoms with Crippen molar-refractivity contribution in [2.75, 3.05) is 17.2 Å². The second-order valence-electron chi connectivity index (χ2n) is 4.15. The molecule has 82 valence electrons. The number of nitrogens with two attached hydrogens (primary N) is 1. The lowest BCUT2D eigenvalue weighted by Crippen LogP contribution is -2.19. The quantitative estimate of drug-likeness (QED) is 0.804. The predicted molar refractivity (Wildman–Crippen MR) is 69.9 cm³/mol. The number of nitrogen functional groups attached to an aromatic ring is 1. The molecule has 0 atom stereocenters. The third-order valence-corrected chi connectivity index (χ3v) is 3.85. The van der Waals surface area contributed by atoms with Gasteiger partial charge >= 0.3 is 0 Å². The van der Waals surface area contributed by atoms with E-state index in [1.165, 1.54) is 16.8 Å². The summed E-state index contributed by atoms with van der Waals surface area (Å²) in [6.07, 6.45) is 1.08. The van der Waals surface area contributed by atoms with Crippen LogP contribution in [0.2, 0.25) is 0 Å². The standard InChI is InChI=1S/C13H14N2S/c14-12-2-1-3-13-11(12)4-6-15(13)8-10-5-7-16-9-10/h1-3,5,7,9H,4,6,8,14H2. The summed E-state index contributed by atoms with van der Waals surface area (Å²) in [4.78, 5) is 2.41. The molecular weight excluding hydrogens is 216 g/mol. The average molecular weight is 230 g/mol. The molecule has 1 aromatic carbocycles. The topological polar surface area (TPSA) is 29.3 Å². The maximum absolute atomic E-state index is 5.98. The Labute approximate surface area is 99.3 Å². The Morgan fingerprint density at radius 2 is 2.25 bits per heavy atom. The van der Waals surface area contributed by atoms with Gasteiger partial charge in [-0.15, -0.1) is 0 Å². The van der Waals surface area contributed by atoms with Gasteiger partial charge in [-0.25, -0.2) is 0 Å². The first-order valence-electron chi connectivity index (χ1n) is 5.48. The van der Waals surface area contributed by atoms with E-state index < -0.39 is 0 Å². The van der Waals surface area contributed by atoms with Crippen molar-refractivity contribution < 1.29 is 0 Å². The van der Waals surface area contributed by atoms with Gasteiger partial charge in [-0.3, -0.25) is 0 Å². The van der Waals surface area contributed by atoms with Gasteiger partial charge in [0.1, 0.15) is 0 Å². The van der Waals surface area contributed by atoms with Crippen molar-refractivity contribution >= 4 is 22.7 Å². The van der Waals surface area contributed by atoms with E-state index in [0.29, 0.717) is 0 Å². The molecule has 0 saturated heterocycles. The van der Waals surface area contributed by atoms with E-state index in [0.717, 1.165) is 25.2 Å². The van der Waals surface area contributed by atoms with E-state index in [-0.39, 0.29) is 0 Å². The Morgan fingerprint density at radius 1 is 1.31 bits per heavy atom. The van der Waals surface area contributed by atoms with Gasteiger partial charge in [0, 0.05) is 30.0 Å². The molecule has 2 heterocycles. The van der Waals surface area contributed by atoms with Crippen LogP contribution in [0.4, 0.5) is 11.4 Å². The van der Waals surface area contributed by atoms with E-state index >= 15 is 0 Å². The number of fused-ring (bicyclic) bond motifs is 1. The monoisotopic (exact) mass is 230 g/mol. The zero-order valence-electron chi connectivity index (χ0n) is 9.02. The van der Waals surface area contributed by atoms with Crippen LogP contribution < -0.4 is 10.6 Å². The van der Waals surface area contributed by atoms with E-state index in [2.05, 4.69) is 27.8 Å². The van der Waals surface area contributed by atoms with Crippen LogP contribution >= 0.6 is 11.3 Å². The lowest BCUT2D eigenvalue weighted by atomic mass is 10.1. The molecule has 2 nitrogen and oxygen atoms in total. The summed E-state index contributed by atoms with van der Waals surface area (Å²) in [6.45, 7) is 2.08. The molecule has 0 radical (unpaired) electrons. The van der Waals surface area contributed by atoms with Gasteiger partial charge in [-0.05, 0) is 40.9 Å². The summed E-state index contributed by atoms with van der Waals surface area (Å²) < 4.78 is 0. The highest BCUT2D eigenvalue weighted by atomic mass is 32.1. The van der Waals surface area contributed by atoms with Gasteiger partial charge in [0.05, 0.1) is 0 Å². The largest absolute Gasteiger partial charge is 0.398 e. The highest BCUT2D eigenvalue weighted by molar-refractivity contribution is 7.07. The molecule has 0 aliphatic carbocycles. The zero-order chi connectivity index (χ0) is 11.0. The second-order valence-corrected chi connectivity index (χ2v) is 4.93. The van der Waals surface area contributed by atoms with Crippen LogP contribution in [-0.2, 0) is 13.0 Å². The summed E-state index contributed by atoms with van der Waals surface area (Å²) in [6, 6.07) is 8.40. The van der Waals surface area contributed by atoms with Crippen molar-refractivity contribution in [3.63, 3.8) is 0 Å². The van der Waals surface area contributed by atoms with Gasteiger partial charge in [-0.1, -0.05) is 6.07 Å². The summed E-state index contributed by atoms with van der Waals surface area (Å²) >= 11 is 1.76. The van der Waals surface area contributed by atoms with Crippen LogP contribution in [0.3, 0.4) is 0 Å². The minimum absolute atomic E-state index is 0.935. The Hall–Kier alpha value is -1.48. The number of anilines is 2. The lowest BCUT2D eigenvalue weighted by molar-refractivity contribution is 0.839. The smallest absolute Gasteiger partial charge is 0.0437 e. The van der Waals surface area contributed by atoms with Crippen LogP contribution in [0.15, 0.2) is 35.0 Å². The molecular formula is C13H14N2S. The van der Waals surface area contributed by atoms with Gasteiger partial charge in [0.25, 0.3) is 0 Å². The summed E-state index contributed by atoms with van der Waals surface area (Å²) in [5.41, 5.74) is 10.9. The first-order chi connectivity index (χ1) is 7.84. The van der Waals surface area contributed by atoms with Gasteiger partial charge < -0.3 is 10.6 Å². The minimum Gasteiger partial charge on any atom is -0.398 e. The SMILES string of the molecule is Nc1cccc2c1CCN2Cc1ccsc1. The average Bonchev–Trinajstić information content (AvgIpc) is 2.90. The maximum Gasteiger partial charge on any atom is 0.0437 e. The van der Waals surface area contributed by atoms with E-state index in [1.54, 1.807) is 11.3 Å². The Bertz CT molecular complexity index is 491. The molecule has 0 fully saturated rings. The fourth-order valence-electron chi connectivity index (χ4n) is 2.30. The molecule has 3 rings (SSSR count). The van der Waals surface area contributed by atoms with E-state index in [4.69, 9.17) is 5.73 Å². The highest BCUT2D eigenvalue weighted by Crippen LogP contribution is 2.33. The van der Waals surface area contributed by atoms with Crippen molar-refractivity contribution in [2.24, 2.45) is 0 Å². The number of benzene rings is 1. The minimum atomic E-state index is 0.935. The molecule has 1 aliphatic rings. The van der Waals surface area contributed by atoms with Gasteiger partial charge in [-0.2, -0.15) is 11.3 Å². The Balaban J connectivity index is 1.89. The zero-order valence-corrected chi connectivity index (χ0v) is 9.83. The molecule has 0 bridgehead atoms. The Kier molecular flexibility index (Phi) is 2.33. The normalized spacial score (nSPS) is 14.1. The molecule has 2 N–H and O–H groups in total.